The molecule has 1 saturated heterocycles. The van der Waals surface area contributed by atoms with Crippen LogP contribution in [-0.4, -0.2) is 43.3 Å². The second-order valence-corrected chi connectivity index (χ2v) is 12.2. The van der Waals surface area contributed by atoms with Crippen molar-refractivity contribution in [3.05, 3.63) is 83.9 Å². The number of para-hydroxylation sites is 1. The van der Waals surface area contributed by atoms with Crippen molar-refractivity contribution in [2.24, 2.45) is 0 Å². The lowest BCUT2D eigenvalue weighted by Crippen LogP contribution is -2.32. The molecule has 9 heteroatoms. The predicted octanol–water partition coefficient (Wildman–Crippen LogP) is 6.11. The van der Waals surface area contributed by atoms with Gasteiger partial charge in [-0.2, -0.15) is 4.31 Å². The van der Waals surface area contributed by atoms with Gasteiger partial charge >= 0.3 is 0 Å². The molecule has 1 aliphatic rings. The minimum Gasteiger partial charge on any atom is -0.492 e. The quantitative estimate of drug-likeness (QED) is 0.265. The summed E-state index contributed by atoms with van der Waals surface area (Å²) in [5.41, 5.74) is 2.09. The number of hydrogen-bond donors (Lipinski definition) is 0. The average Bonchev–Trinajstić information content (AvgIpc) is 3.18. The number of fused-ring (bicyclic) bond motifs is 1. The van der Waals surface area contributed by atoms with Crippen molar-refractivity contribution in [2.75, 3.05) is 24.6 Å². The van der Waals surface area contributed by atoms with Crippen LogP contribution >= 0.6 is 11.3 Å². The number of rotatable bonds is 8. The summed E-state index contributed by atoms with van der Waals surface area (Å²) in [6.07, 6.45) is 3.85. The van der Waals surface area contributed by atoms with Gasteiger partial charge in [0, 0.05) is 18.7 Å². The molecule has 38 heavy (non-hydrogen) atoms. The first-order chi connectivity index (χ1) is 18.5. The number of hydrogen-bond acceptors (Lipinski definition) is 6. The maximum atomic E-state index is 13.8. The summed E-state index contributed by atoms with van der Waals surface area (Å²) >= 11 is 1.43. The fraction of sp³-hybridized carbons (Fsp3) is 0.310. The van der Waals surface area contributed by atoms with Gasteiger partial charge in [-0.1, -0.05) is 60.6 Å². The van der Waals surface area contributed by atoms with Crippen LogP contribution in [0.5, 0.6) is 5.75 Å². The number of aromatic nitrogens is 1. The molecule has 0 unspecified atom stereocenters. The molecule has 1 fully saturated rings. The van der Waals surface area contributed by atoms with Gasteiger partial charge in [0.05, 0.1) is 22.7 Å². The topological polar surface area (TPSA) is 79.8 Å². The number of sulfonamides is 1. The molecule has 0 aliphatic carbocycles. The zero-order chi connectivity index (χ0) is 26.5. The number of benzene rings is 3. The molecule has 0 spiro atoms. The van der Waals surface area contributed by atoms with Crippen LogP contribution in [0.1, 0.15) is 48.5 Å². The maximum absolute atomic E-state index is 13.8. The fourth-order valence-corrected chi connectivity index (χ4v) is 7.15. The van der Waals surface area contributed by atoms with Gasteiger partial charge < -0.3 is 4.74 Å². The molecule has 7 nitrogen and oxygen atoms in total. The third-order valence-electron chi connectivity index (χ3n) is 6.63. The summed E-state index contributed by atoms with van der Waals surface area (Å²) in [4.78, 5) is 20.5. The monoisotopic (exact) mass is 549 g/mol. The van der Waals surface area contributed by atoms with Crippen LogP contribution in [0.15, 0.2) is 77.7 Å². The van der Waals surface area contributed by atoms with Crippen molar-refractivity contribution < 1.29 is 17.9 Å². The Morgan fingerprint density at radius 2 is 1.66 bits per heavy atom. The van der Waals surface area contributed by atoms with Gasteiger partial charge in [-0.15, -0.1) is 0 Å². The van der Waals surface area contributed by atoms with Gasteiger partial charge in [0.25, 0.3) is 5.91 Å². The molecule has 198 valence electrons. The number of anilines is 1. The van der Waals surface area contributed by atoms with Crippen molar-refractivity contribution in [1.29, 1.82) is 0 Å². The molecule has 1 aromatic heterocycles. The SMILES string of the molecule is CCOc1cccc2sc(N(Cc3ccccc3)C(=O)c3ccc(S(=O)(=O)N4CCCCCC4)cc3)nc12. The van der Waals surface area contributed by atoms with Gasteiger partial charge in [0.1, 0.15) is 11.3 Å². The average molecular weight is 550 g/mol. The summed E-state index contributed by atoms with van der Waals surface area (Å²) in [5.74, 6) is 0.437. The summed E-state index contributed by atoms with van der Waals surface area (Å²) in [6.45, 7) is 3.85. The molecule has 0 N–H and O–H groups in total. The van der Waals surface area contributed by atoms with Crippen molar-refractivity contribution in [3.63, 3.8) is 0 Å². The van der Waals surface area contributed by atoms with Crippen LogP contribution in [-0.2, 0) is 16.6 Å². The molecule has 0 saturated carbocycles. The van der Waals surface area contributed by atoms with Crippen LogP contribution in [0.3, 0.4) is 0 Å². The smallest absolute Gasteiger partial charge is 0.260 e. The number of carbonyl (C=O) groups excluding carboxylic acids is 1. The van der Waals surface area contributed by atoms with Crippen LogP contribution < -0.4 is 9.64 Å². The van der Waals surface area contributed by atoms with E-state index in [0.717, 1.165) is 41.5 Å². The van der Waals surface area contributed by atoms with Gasteiger partial charge in [-0.05, 0) is 61.7 Å². The summed E-state index contributed by atoms with van der Waals surface area (Å²) in [7, 11) is -3.59. The minimum absolute atomic E-state index is 0.215. The normalized spacial score (nSPS) is 14.8. The lowest BCUT2D eigenvalue weighted by atomic mass is 10.1. The van der Waals surface area contributed by atoms with Crippen molar-refractivity contribution in [3.8, 4) is 5.75 Å². The molecule has 2 heterocycles. The Kier molecular flexibility index (Phi) is 8.06. The Hall–Kier alpha value is -3.27. The van der Waals surface area contributed by atoms with E-state index in [1.165, 1.54) is 11.3 Å². The summed E-state index contributed by atoms with van der Waals surface area (Å²) in [5, 5.41) is 0.558. The van der Waals surface area contributed by atoms with E-state index >= 15 is 0 Å². The minimum atomic E-state index is -3.59. The zero-order valence-electron chi connectivity index (χ0n) is 21.4. The highest BCUT2D eigenvalue weighted by atomic mass is 32.2. The molecule has 0 radical (unpaired) electrons. The van der Waals surface area contributed by atoms with Gasteiger partial charge in [0.2, 0.25) is 10.0 Å². The first-order valence-corrected chi connectivity index (χ1v) is 15.2. The Labute approximate surface area is 227 Å². The van der Waals surface area contributed by atoms with Crippen molar-refractivity contribution in [2.45, 2.75) is 44.0 Å². The van der Waals surface area contributed by atoms with E-state index in [9.17, 15) is 13.2 Å². The Balaban J connectivity index is 1.47. The second kappa shape index (κ2) is 11.6. The largest absolute Gasteiger partial charge is 0.492 e. The van der Waals surface area contributed by atoms with Gasteiger partial charge in [-0.3, -0.25) is 9.69 Å². The van der Waals surface area contributed by atoms with Crippen LogP contribution in [0, 0.1) is 0 Å². The molecule has 5 rings (SSSR count). The predicted molar refractivity (Wildman–Crippen MR) is 151 cm³/mol. The fourth-order valence-electron chi connectivity index (χ4n) is 4.65. The van der Waals surface area contributed by atoms with E-state index in [0.29, 0.717) is 42.7 Å². The van der Waals surface area contributed by atoms with Crippen molar-refractivity contribution in [1.82, 2.24) is 9.29 Å². The summed E-state index contributed by atoms with van der Waals surface area (Å²) < 4.78 is 34.7. The third-order valence-corrected chi connectivity index (χ3v) is 9.59. The number of thiazole rings is 1. The lowest BCUT2D eigenvalue weighted by Gasteiger charge is -2.21. The standard InChI is InChI=1S/C29H31N3O4S2/c1-2-36-25-13-10-14-26-27(25)30-29(37-26)32(21-22-11-6-5-7-12-22)28(33)23-15-17-24(18-16-23)38(34,35)31-19-8-3-4-9-20-31/h5-7,10-18H,2-4,8-9,19-21H2,1H3. The second-order valence-electron chi connectivity index (χ2n) is 9.25. The highest BCUT2D eigenvalue weighted by Crippen LogP contribution is 2.35. The van der Waals surface area contributed by atoms with E-state index in [2.05, 4.69) is 0 Å². The molecule has 0 bridgehead atoms. The van der Waals surface area contributed by atoms with E-state index in [1.807, 2.05) is 55.5 Å². The number of ether oxygens (including phenoxy) is 1. The highest BCUT2D eigenvalue weighted by Gasteiger charge is 2.27. The van der Waals surface area contributed by atoms with Crippen LogP contribution in [0.2, 0.25) is 0 Å². The zero-order valence-corrected chi connectivity index (χ0v) is 23.0. The van der Waals surface area contributed by atoms with E-state index in [4.69, 9.17) is 9.72 Å². The van der Waals surface area contributed by atoms with E-state index in [1.54, 1.807) is 33.5 Å². The van der Waals surface area contributed by atoms with E-state index in [-0.39, 0.29) is 10.8 Å². The Bertz CT molecular complexity index is 1490. The van der Waals surface area contributed by atoms with Crippen LogP contribution in [0.25, 0.3) is 10.2 Å². The first kappa shape index (κ1) is 26.3. The molecule has 4 aromatic rings. The number of carbonyl (C=O) groups is 1. The third kappa shape index (κ3) is 5.60. The van der Waals surface area contributed by atoms with E-state index < -0.39 is 10.0 Å². The number of nitrogens with zero attached hydrogens (tertiary/aromatic N) is 3. The molecule has 0 atom stereocenters. The Morgan fingerprint density at radius 3 is 2.34 bits per heavy atom. The van der Waals surface area contributed by atoms with Crippen molar-refractivity contribution >= 4 is 42.6 Å². The lowest BCUT2D eigenvalue weighted by molar-refractivity contribution is 0.0985. The molecule has 1 amide bonds. The summed E-state index contributed by atoms with van der Waals surface area (Å²) in [6, 6.07) is 21.8. The molecule has 3 aromatic carbocycles. The maximum Gasteiger partial charge on any atom is 0.260 e. The van der Waals surface area contributed by atoms with Gasteiger partial charge in [0.15, 0.2) is 5.13 Å². The molecular weight excluding hydrogens is 518 g/mol. The molecular formula is C29H31N3O4S2. The number of amides is 1. The van der Waals surface area contributed by atoms with Crippen LogP contribution in [0.4, 0.5) is 5.13 Å². The van der Waals surface area contributed by atoms with Gasteiger partial charge in [-0.25, -0.2) is 13.4 Å². The highest BCUT2D eigenvalue weighted by molar-refractivity contribution is 7.89. The Morgan fingerprint density at radius 1 is 0.947 bits per heavy atom. The molecule has 1 aliphatic heterocycles. The first-order valence-electron chi connectivity index (χ1n) is 13.0.